The van der Waals surface area contributed by atoms with Crippen LogP contribution in [-0.4, -0.2) is 37.5 Å². The van der Waals surface area contributed by atoms with Crippen molar-refractivity contribution in [1.82, 2.24) is 9.62 Å². The van der Waals surface area contributed by atoms with Crippen LogP contribution in [0.2, 0.25) is 0 Å². The third-order valence-electron chi connectivity index (χ3n) is 6.57. The lowest BCUT2D eigenvalue weighted by Crippen LogP contribution is -2.46. The Bertz CT molecular complexity index is 1250. The van der Waals surface area contributed by atoms with Crippen LogP contribution >= 0.6 is 0 Å². The van der Waals surface area contributed by atoms with E-state index in [1.54, 1.807) is 12.1 Å². The van der Waals surface area contributed by atoms with Gasteiger partial charge in [-0.2, -0.15) is 0 Å². The summed E-state index contributed by atoms with van der Waals surface area (Å²) in [6.45, 7) is 1.40. The van der Waals surface area contributed by atoms with Gasteiger partial charge in [-0.1, -0.05) is 54.6 Å². The number of aryl methyl sites for hydroxylation is 1. The Morgan fingerprint density at radius 2 is 1.65 bits per heavy atom. The zero-order chi connectivity index (χ0) is 26.1. The zero-order valence-electron chi connectivity index (χ0n) is 20.8. The molecular weight excluding hydrogens is 491 g/mol. The molecule has 37 heavy (non-hydrogen) atoms. The maximum absolute atomic E-state index is 13.0. The number of benzene rings is 3. The first-order valence-electron chi connectivity index (χ1n) is 12.6. The van der Waals surface area contributed by atoms with E-state index in [-0.39, 0.29) is 29.9 Å². The van der Waals surface area contributed by atoms with Crippen LogP contribution in [0.25, 0.3) is 0 Å². The Labute approximate surface area is 218 Å². The summed E-state index contributed by atoms with van der Waals surface area (Å²) in [5.74, 6) is 0.0133. The second-order valence-corrected chi connectivity index (χ2v) is 11.5. The maximum Gasteiger partial charge on any atom is 0.224 e. The quantitative estimate of drug-likeness (QED) is 0.395. The van der Waals surface area contributed by atoms with Crippen molar-refractivity contribution < 1.29 is 22.3 Å². The highest BCUT2D eigenvalue weighted by molar-refractivity contribution is 7.89. The number of rotatable bonds is 11. The molecule has 0 aromatic heterocycles. The molecule has 1 atom stereocenters. The summed E-state index contributed by atoms with van der Waals surface area (Å²) in [4.78, 5) is 12.8. The van der Waals surface area contributed by atoms with Crippen LogP contribution in [0, 0.1) is 11.7 Å². The lowest BCUT2D eigenvalue weighted by Gasteiger charge is -2.31. The minimum absolute atomic E-state index is 0.0891. The van der Waals surface area contributed by atoms with Crippen molar-refractivity contribution in [3.05, 3.63) is 101 Å². The summed E-state index contributed by atoms with van der Waals surface area (Å²) < 4.78 is 46.0. The monoisotopic (exact) mass is 524 g/mol. The average Bonchev–Trinajstić information content (AvgIpc) is 2.92. The van der Waals surface area contributed by atoms with E-state index < -0.39 is 10.0 Å². The highest BCUT2D eigenvalue weighted by Crippen LogP contribution is 2.21. The van der Waals surface area contributed by atoms with Gasteiger partial charge in [-0.3, -0.25) is 4.79 Å². The van der Waals surface area contributed by atoms with E-state index in [0.29, 0.717) is 51.1 Å². The molecular formula is C29H33FN2O4S. The summed E-state index contributed by atoms with van der Waals surface area (Å²) in [7, 11) is -3.40. The Hall–Kier alpha value is -3.23. The number of ether oxygens (including phenoxy) is 1. The first-order valence-corrected chi connectivity index (χ1v) is 14.3. The van der Waals surface area contributed by atoms with Crippen LogP contribution in [0.1, 0.15) is 36.0 Å². The van der Waals surface area contributed by atoms with Crippen molar-refractivity contribution in [3.63, 3.8) is 0 Å². The van der Waals surface area contributed by atoms with Gasteiger partial charge in [0.1, 0.15) is 18.2 Å². The second-order valence-electron chi connectivity index (χ2n) is 9.38. The molecule has 1 heterocycles. The molecule has 1 amide bonds. The molecule has 1 saturated heterocycles. The van der Waals surface area contributed by atoms with Crippen LogP contribution in [0.5, 0.6) is 5.75 Å². The summed E-state index contributed by atoms with van der Waals surface area (Å²) in [6.07, 6.45) is 2.63. The minimum Gasteiger partial charge on any atom is -0.489 e. The normalized spacial score (nSPS) is 16.3. The molecule has 3 aromatic carbocycles. The molecule has 0 spiro atoms. The molecule has 4 rings (SSSR count). The van der Waals surface area contributed by atoms with E-state index in [9.17, 15) is 17.6 Å². The minimum atomic E-state index is -3.40. The van der Waals surface area contributed by atoms with Gasteiger partial charge in [-0.05, 0) is 66.6 Å². The largest absolute Gasteiger partial charge is 0.489 e. The van der Waals surface area contributed by atoms with Crippen LogP contribution in [0.4, 0.5) is 4.39 Å². The maximum atomic E-state index is 13.0. The van der Waals surface area contributed by atoms with Crippen molar-refractivity contribution in [2.24, 2.45) is 5.92 Å². The number of carbonyl (C=O) groups excluding carboxylic acids is 1. The van der Waals surface area contributed by atoms with Gasteiger partial charge in [0.15, 0.2) is 0 Å². The molecule has 1 fully saturated rings. The summed E-state index contributed by atoms with van der Waals surface area (Å²) in [6, 6.07) is 23.4. The lowest BCUT2D eigenvalue weighted by molar-refractivity contribution is -0.126. The molecule has 3 aromatic rings. The molecule has 0 aliphatic carbocycles. The molecule has 8 heteroatoms. The molecule has 1 N–H and O–H groups in total. The van der Waals surface area contributed by atoms with Crippen LogP contribution in [0.15, 0.2) is 78.9 Å². The van der Waals surface area contributed by atoms with Crippen molar-refractivity contribution in [3.8, 4) is 5.75 Å². The predicted molar refractivity (Wildman–Crippen MR) is 142 cm³/mol. The number of nitrogens with zero attached hydrogens (tertiary/aromatic N) is 1. The van der Waals surface area contributed by atoms with Gasteiger partial charge in [0, 0.05) is 19.6 Å². The highest BCUT2D eigenvalue weighted by atomic mass is 32.2. The van der Waals surface area contributed by atoms with Gasteiger partial charge in [0.2, 0.25) is 15.9 Å². The predicted octanol–water partition coefficient (Wildman–Crippen LogP) is 4.70. The van der Waals surface area contributed by atoms with Gasteiger partial charge in [-0.15, -0.1) is 0 Å². The fourth-order valence-electron chi connectivity index (χ4n) is 4.43. The molecule has 0 bridgehead atoms. The number of carbonyl (C=O) groups is 1. The topological polar surface area (TPSA) is 75.7 Å². The molecule has 0 radical (unpaired) electrons. The average molecular weight is 525 g/mol. The van der Waals surface area contributed by atoms with Gasteiger partial charge in [0.25, 0.3) is 0 Å². The number of halogens is 1. The van der Waals surface area contributed by atoms with Crippen molar-refractivity contribution in [2.45, 2.75) is 38.8 Å². The smallest absolute Gasteiger partial charge is 0.224 e. The number of nitrogens with one attached hydrogen (secondary N) is 1. The number of sulfonamides is 1. The van der Waals surface area contributed by atoms with Gasteiger partial charge in [0.05, 0.1) is 11.7 Å². The van der Waals surface area contributed by atoms with E-state index in [0.717, 1.165) is 16.7 Å². The number of hydrogen-bond donors (Lipinski definition) is 1. The van der Waals surface area contributed by atoms with Crippen molar-refractivity contribution >= 4 is 15.9 Å². The van der Waals surface area contributed by atoms with Crippen molar-refractivity contribution in [1.29, 1.82) is 0 Å². The molecule has 0 unspecified atom stereocenters. The van der Waals surface area contributed by atoms with Crippen LogP contribution in [-0.2, 0) is 34.4 Å². The highest BCUT2D eigenvalue weighted by Gasteiger charge is 2.31. The molecule has 196 valence electrons. The summed E-state index contributed by atoms with van der Waals surface area (Å²) >= 11 is 0. The summed E-state index contributed by atoms with van der Waals surface area (Å²) in [5, 5.41) is 2.95. The Kier molecular flexibility index (Phi) is 9.30. The van der Waals surface area contributed by atoms with E-state index in [2.05, 4.69) is 5.32 Å². The van der Waals surface area contributed by atoms with E-state index in [4.69, 9.17) is 4.74 Å². The standard InChI is InChI=1S/C29H33FN2O4S/c30-27-14-10-25(11-15-27)22-36-28-16-12-24(13-17-28)20-31-29(33)26-9-4-18-32(21-26)37(34,35)19-5-8-23-6-2-1-3-7-23/h1-3,6-7,10-17,26H,4-5,8-9,18-22H2,(H,31,33)/t26-/m1/s1. The van der Waals surface area contributed by atoms with E-state index in [1.165, 1.54) is 16.4 Å². The fourth-order valence-corrected chi connectivity index (χ4v) is 6.01. The lowest BCUT2D eigenvalue weighted by atomic mass is 9.99. The number of amides is 1. The fraction of sp³-hybridized carbons (Fsp3) is 0.345. The molecule has 6 nitrogen and oxygen atoms in total. The van der Waals surface area contributed by atoms with Gasteiger partial charge < -0.3 is 10.1 Å². The molecule has 0 saturated carbocycles. The summed E-state index contributed by atoms with van der Waals surface area (Å²) in [5.41, 5.74) is 2.92. The SMILES string of the molecule is O=C(NCc1ccc(OCc2ccc(F)cc2)cc1)[C@@H]1CCCN(S(=O)(=O)CCCc2ccccc2)C1. The third-order valence-corrected chi connectivity index (χ3v) is 8.49. The Balaban J connectivity index is 1.21. The number of hydrogen-bond acceptors (Lipinski definition) is 4. The zero-order valence-corrected chi connectivity index (χ0v) is 21.6. The molecule has 1 aliphatic rings. The van der Waals surface area contributed by atoms with Gasteiger partial charge in [-0.25, -0.2) is 17.1 Å². The van der Waals surface area contributed by atoms with E-state index in [1.807, 2.05) is 54.6 Å². The van der Waals surface area contributed by atoms with Crippen LogP contribution in [0.3, 0.4) is 0 Å². The van der Waals surface area contributed by atoms with Crippen molar-refractivity contribution in [2.75, 3.05) is 18.8 Å². The Morgan fingerprint density at radius 1 is 0.946 bits per heavy atom. The van der Waals surface area contributed by atoms with Gasteiger partial charge >= 0.3 is 0 Å². The van der Waals surface area contributed by atoms with E-state index >= 15 is 0 Å². The first-order chi connectivity index (χ1) is 17.9. The first kappa shape index (κ1) is 26.8. The van der Waals surface area contributed by atoms with Crippen LogP contribution < -0.4 is 10.1 Å². The Morgan fingerprint density at radius 3 is 2.38 bits per heavy atom. The third kappa shape index (κ3) is 8.13. The number of piperidine rings is 1. The second kappa shape index (κ2) is 12.8. The molecule has 1 aliphatic heterocycles.